The van der Waals surface area contributed by atoms with E-state index in [2.05, 4.69) is 21.2 Å². The maximum atomic E-state index is 11.1. The van der Waals surface area contributed by atoms with Crippen LogP contribution in [-0.2, 0) is 9.84 Å². The van der Waals surface area contributed by atoms with Crippen molar-refractivity contribution in [3.05, 3.63) is 22.7 Å². The molecule has 17 heavy (non-hydrogen) atoms. The number of halogens is 1. The van der Waals surface area contributed by atoms with Gasteiger partial charge in [-0.05, 0) is 19.1 Å². The topological polar surface area (TPSA) is 55.4 Å². The molecule has 0 aliphatic heterocycles. The summed E-state index contributed by atoms with van der Waals surface area (Å²) in [6.45, 7) is 1.83. The van der Waals surface area contributed by atoms with Crippen molar-refractivity contribution in [1.82, 2.24) is 0 Å². The van der Waals surface area contributed by atoms with Gasteiger partial charge in [0, 0.05) is 28.5 Å². The molecule has 1 aromatic carbocycles. The third kappa shape index (κ3) is 5.41. The molecule has 1 unspecified atom stereocenters. The Balaban J connectivity index is 2.77. The van der Waals surface area contributed by atoms with Crippen molar-refractivity contribution in [2.75, 3.05) is 24.4 Å². The zero-order valence-electron chi connectivity index (χ0n) is 10.0. The molecule has 0 aliphatic carbocycles. The lowest BCUT2D eigenvalue weighted by atomic mass is 10.2. The van der Waals surface area contributed by atoms with Gasteiger partial charge in [-0.3, -0.25) is 0 Å². The summed E-state index contributed by atoms with van der Waals surface area (Å²) >= 11 is 3.37. The van der Waals surface area contributed by atoms with E-state index in [4.69, 9.17) is 4.74 Å². The van der Waals surface area contributed by atoms with E-state index in [9.17, 15) is 8.42 Å². The number of nitrogens with one attached hydrogen (secondary N) is 1. The number of sulfone groups is 1. The van der Waals surface area contributed by atoms with Crippen molar-refractivity contribution in [2.45, 2.75) is 13.0 Å². The van der Waals surface area contributed by atoms with Crippen LogP contribution in [0.1, 0.15) is 6.92 Å². The van der Waals surface area contributed by atoms with Crippen molar-refractivity contribution >= 4 is 31.5 Å². The first-order valence-corrected chi connectivity index (χ1v) is 7.94. The van der Waals surface area contributed by atoms with Crippen molar-refractivity contribution < 1.29 is 13.2 Å². The van der Waals surface area contributed by atoms with E-state index in [0.717, 1.165) is 10.2 Å². The molecule has 0 saturated carbocycles. The smallest absolute Gasteiger partial charge is 0.149 e. The third-order valence-electron chi connectivity index (χ3n) is 2.07. The van der Waals surface area contributed by atoms with Gasteiger partial charge in [-0.1, -0.05) is 15.9 Å². The van der Waals surface area contributed by atoms with E-state index in [-0.39, 0.29) is 11.8 Å². The van der Waals surface area contributed by atoms with Crippen LogP contribution in [0.25, 0.3) is 0 Å². The van der Waals surface area contributed by atoms with Crippen molar-refractivity contribution in [1.29, 1.82) is 0 Å². The maximum Gasteiger partial charge on any atom is 0.149 e. The lowest BCUT2D eigenvalue weighted by Crippen LogP contribution is -2.24. The number of hydrogen-bond acceptors (Lipinski definition) is 4. The summed E-state index contributed by atoms with van der Waals surface area (Å²) in [5.41, 5.74) is 0.826. The first-order chi connectivity index (χ1) is 7.80. The Morgan fingerprint density at radius 3 is 2.59 bits per heavy atom. The van der Waals surface area contributed by atoms with E-state index >= 15 is 0 Å². The molecule has 1 N–H and O–H groups in total. The summed E-state index contributed by atoms with van der Waals surface area (Å²) in [6.07, 6.45) is 1.23. The molecule has 0 spiro atoms. The van der Waals surface area contributed by atoms with Gasteiger partial charge in [0.15, 0.2) is 0 Å². The first kappa shape index (κ1) is 14.3. The highest BCUT2D eigenvalue weighted by Crippen LogP contribution is 2.24. The standard InChI is InChI=1S/C11H16BrNO3S/c1-8(7-17(3,14)15)13-10-4-9(12)5-11(6-10)16-2/h4-6,8,13H,7H2,1-3H3. The van der Waals surface area contributed by atoms with E-state index < -0.39 is 9.84 Å². The Kier molecular flexibility index (Phi) is 4.82. The van der Waals surface area contributed by atoms with Gasteiger partial charge in [-0.2, -0.15) is 0 Å². The number of rotatable bonds is 5. The number of hydrogen-bond donors (Lipinski definition) is 1. The van der Waals surface area contributed by atoms with Crippen LogP contribution in [0.4, 0.5) is 5.69 Å². The molecule has 1 atom stereocenters. The van der Waals surface area contributed by atoms with E-state index in [0.29, 0.717) is 5.75 Å². The molecule has 6 heteroatoms. The number of anilines is 1. The van der Waals surface area contributed by atoms with Crippen LogP contribution in [-0.4, -0.2) is 33.6 Å². The normalized spacial score (nSPS) is 13.2. The summed E-state index contributed by atoms with van der Waals surface area (Å²) in [5.74, 6) is 0.815. The molecule has 0 heterocycles. The molecule has 0 fully saturated rings. The molecule has 0 aromatic heterocycles. The van der Waals surface area contributed by atoms with Gasteiger partial charge >= 0.3 is 0 Å². The second-order valence-corrected chi connectivity index (χ2v) is 7.12. The summed E-state index contributed by atoms with van der Waals surface area (Å²) in [7, 11) is -1.39. The van der Waals surface area contributed by atoms with E-state index in [1.165, 1.54) is 6.26 Å². The van der Waals surface area contributed by atoms with Gasteiger partial charge in [0.05, 0.1) is 12.9 Å². The van der Waals surface area contributed by atoms with Crippen LogP contribution in [0.2, 0.25) is 0 Å². The number of ether oxygens (including phenoxy) is 1. The van der Waals surface area contributed by atoms with Gasteiger partial charge < -0.3 is 10.1 Å². The average molecular weight is 322 g/mol. The van der Waals surface area contributed by atoms with Gasteiger partial charge in [0.25, 0.3) is 0 Å². The Morgan fingerprint density at radius 1 is 1.41 bits per heavy atom. The fourth-order valence-corrected chi connectivity index (χ4v) is 3.01. The van der Waals surface area contributed by atoms with Gasteiger partial charge in [0.2, 0.25) is 0 Å². The van der Waals surface area contributed by atoms with Crippen molar-refractivity contribution in [2.24, 2.45) is 0 Å². The van der Waals surface area contributed by atoms with Crippen LogP contribution in [0.15, 0.2) is 22.7 Å². The van der Waals surface area contributed by atoms with Gasteiger partial charge in [-0.25, -0.2) is 8.42 Å². The van der Waals surface area contributed by atoms with Crippen LogP contribution in [0, 0.1) is 0 Å². The highest BCUT2D eigenvalue weighted by Gasteiger charge is 2.10. The highest BCUT2D eigenvalue weighted by atomic mass is 79.9. The van der Waals surface area contributed by atoms with Crippen LogP contribution in [0.3, 0.4) is 0 Å². The highest BCUT2D eigenvalue weighted by molar-refractivity contribution is 9.10. The largest absolute Gasteiger partial charge is 0.497 e. The molecule has 0 aliphatic rings. The molecular formula is C11H16BrNO3S. The SMILES string of the molecule is COc1cc(Br)cc(NC(C)CS(C)(=O)=O)c1. The van der Waals surface area contributed by atoms with Crippen LogP contribution in [0.5, 0.6) is 5.75 Å². The minimum absolute atomic E-state index is 0.0990. The molecule has 1 aromatic rings. The fourth-order valence-electron chi connectivity index (χ4n) is 1.54. The van der Waals surface area contributed by atoms with Gasteiger partial charge in [-0.15, -0.1) is 0 Å². The van der Waals surface area contributed by atoms with Gasteiger partial charge in [0.1, 0.15) is 15.6 Å². The number of methoxy groups -OCH3 is 1. The van der Waals surface area contributed by atoms with Crippen molar-refractivity contribution in [3.8, 4) is 5.75 Å². The Hall–Kier alpha value is -0.750. The number of benzene rings is 1. The molecule has 0 bridgehead atoms. The molecular weight excluding hydrogens is 306 g/mol. The zero-order valence-corrected chi connectivity index (χ0v) is 12.4. The lowest BCUT2D eigenvalue weighted by molar-refractivity contribution is 0.414. The minimum atomic E-state index is -2.97. The molecule has 96 valence electrons. The second kappa shape index (κ2) is 5.73. The third-order valence-corrected chi connectivity index (χ3v) is 3.64. The maximum absolute atomic E-state index is 11.1. The monoisotopic (exact) mass is 321 g/mol. The average Bonchev–Trinajstić information content (AvgIpc) is 2.13. The fraction of sp³-hybridized carbons (Fsp3) is 0.455. The van der Waals surface area contributed by atoms with Crippen LogP contribution >= 0.6 is 15.9 Å². The summed E-state index contributed by atoms with van der Waals surface area (Å²) in [5, 5.41) is 3.12. The predicted molar refractivity (Wildman–Crippen MR) is 73.5 cm³/mol. The van der Waals surface area contributed by atoms with Crippen molar-refractivity contribution in [3.63, 3.8) is 0 Å². The van der Waals surface area contributed by atoms with E-state index in [1.807, 2.05) is 25.1 Å². The Labute approximate surface area is 110 Å². The van der Waals surface area contributed by atoms with Crippen LogP contribution < -0.4 is 10.1 Å². The minimum Gasteiger partial charge on any atom is -0.497 e. The lowest BCUT2D eigenvalue weighted by Gasteiger charge is -2.15. The summed E-state index contributed by atoms with van der Waals surface area (Å²) in [4.78, 5) is 0. The molecule has 0 saturated heterocycles. The summed E-state index contributed by atoms with van der Waals surface area (Å²) < 4.78 is 28.3. The first-order valence-electron chi connectivity index (χ1n) is 5.09. The molecule has 0 radical (unpaired) electrons. The Bertz CT molecular complexity index is 487. The molecule has 1 rings (SSSR count). The van der Waals surface area contributed by atoms with E-state index in [1.54, 1.807) is 7.11 Å². The molecule has 0 amide bonds. The zero-order chi connectivity index (χ0) is 13.1. The summed E-state index contributed by atoms with van der Waals surface area (Å²) in [6, 6.07) is 5.39. The Morgan fingerprint density at radius 2 is 2.06 bits per heavy atom. The molecule has 4 nitrogen and oxygen atoms in total. The predicted octanol–water partition coefficient (Wildman–Crippen LogP) is 2.30. The quantitative estimate of drug-likeness (QED) is 0.904. The second-order valence-electron chi connectivity index (χ2n) is 4.02.